The zero-order chi connectivity index (χ0) is 11.1. The second-order valence-electron chi connectivity index (χ2n) is 3.57. The zero-order valence-electron chi connectivity index (χ0n) is 8.17. The van der Waals surface area contributed by atoms with Crippen LogP contribution >= 0.6 is 11.3 Å². The first kappa shape index (κ1) is 9.47. The Balaban J connectivity index is 2.06. The predicted octanol–water partition coefficient (Wildman–Crippen LogP) is 1.85. The minimum Gasteiger partial charge on any atom is -0.393 e. The normalized spacial score (nSPS) is 20.4. The Labute approximate surface area is 94.9 Å². The highest BCUT2D eigenvalue weighted by Gasteiger charge is 2.36. The minimum absolute atomic E-state index is 0.110. The van der Waals surface area contributed by atoms with Crippen LogP contribution in [0.5, 0.6) is 0 Å². The van der Waals surface area contributed by atoms with E-state index in [0.717, 1.165) is 10.2 Å². The lowest BCUT2D eigenvalue weighted by Gasteiger charge is -1.96. The highest BCUT2D eigenvalue weighted by molar-refractivity contribution is 7.18. The molecule has 0 bridgehead atoms. The maximum Gasteiger partial charge on any atom is 0.324 e. The Morgan fingerprint density at radius 1 is 1.31 bits per heavy atom. The van der Waals surface area contributed by atoms with Gasteiger partial charge < -0.3 is 4.74 Å². The molecule has 1 saturated heterocycles. The fraction of sp³-hybridized carbons (Fsp3) is 0.182. The van der Waals surface area contributed by atoms with Crippen LogP contribution < -0.4 is 0 Å². The number of aromatic nitrogens is 1. The van der Waals surface area contributed by atoms with E-state index in [1.807, 2.05) is 24.3 Å². The van der Waals surface area contributed by atoms with Gasteiger partial charge >= 0.3 is 11.9 Å². The first-order chi connectivity index (χ1) is 7.74. The first-order valence-corrected chi connectivity index (χ1v) is 5.65. The van der Waals surface area contributed by atoms with E-state index in [0.29, 0.717) is 5.01 Å². The molecule has 0 aliphatic carbocycles. The second-order valence-corrected chi connectivity index (χ2v) is 4.63. The summed E-state index contributed by atoms with van der Waals surface area (Å²) in [4.78, 5) is 26.7. The van der Waals surface area contributed by atoms with Crippen LogP contribution in [-0.2, 0) is 14.3 Å². The van der Waals surface area contributed by atoms with Crippen molar-refractivity contribution in [3.05, 3.63) is 29.3 Å². The van der Waals surface area contributed by atoms with Crippen molar-refractivity contribution in [3.63, 3.8) is 0 Å². The lowest BCUT2D eigenvalue weighted by Crippen LogP contribution is -2.04. The van der Waals surface area contributed by atoms with Crippen LogP contribution in [-0.4, -0.2) is 16.9 Å². The standard InChI is InChI=1S/C11H7NO3S/c13-9-5-6(11(14)15-9)10-12-7-3-1-2-4-8(7)16-10/h1-4,6H,5H2/t6-/m1/s1. The number of hydrogen-bond acceptors (Lipinski definition) is 5. The summed E-state index contributed by atoms with van der Waals surface area (Å²) in [6.07, 6.45) is 0.110. The number of carbonyl (C=O) groups is 2. The number of rotatable bonds is 1. The molecule has 1 aliphatic heterocycles. The first-order valence-electron chi connectivity index (χ1n) is 4.84. The molecule has 0 unspecified atom stereocenters. The zero-order valence-corrected chi connectivity index (χ0v) is 8.99. The summed E-state index contributed by atoms with van der Waals surface area (Å²) in [6, 6.07) is 7.64. The Hall–Kier alpha value is -1.75. The molecule has 80 valence electrons. The molecule has 5 heteroatoms. The highest BCUT2D eigenvalue weighted by atomic mass is 32.1. The van der Waals surface area contributed by atoms with E-state index in [1.165, 1.54) is 11.3 Å². The predicted molar refractivity (Wildman–Crippen MR) is 58.1 cm³/mol. The van der Waals surface area contributed by atoms with Crippen LogP contribution in [0.15, 0.2) is 24.3 Å². The quantitative estimate of drug-likeness (QED) is 0.557. The molecule has 0 amide bonds. The molecule has 1 aliphatic rings. The molecular formula is C11H7NO3S. The maximum atomic E-state index is 11.4. The van der Waals surface area contributed by atoms with E-state index in [4.69, 9.17) is 0 Å². The Kier molecular flexibility index (Phi) is 2.00. The monoisotopic (exact) mass is 233 g/mol. The molecule has 0 saturated carbocycles. The molecule has 16 heavy (non-hydrogen) atoms. The van der Waals surface area contributed by atoms with Gasteiger partial charge in [-0.15, -0.1) is 11.3 Å². The number of thiazole rings is 1. The summed E-state index contributed by atoms with van der Waals surface area (Å²) >= 11 is 1.44. The molecule has 3 rings (SSSR count). The van der Waals surface area contributed by atoms with Gasteiger partial charge in [0.1, 0.15) is 10.9 Å². The van der Waals surface area contributed by atoms with Crippen molar-refractivity contribution in [1.29, 1.82) is 0 Å². The van der Waals surface area contributed by atoms with Crippen molar-refractivity contribution in [2.24, 2.45) is 0 Å². The SMILES string of the molecule is O=C1C[C@H](c2nc3ccccc3s2)C(=O)O1. The van der Waals surface area contributed by atoms with Crippen LogP contribution in [0.4, 0.5) is 0 Å². The Morgan fingerprint density at radius 2 is 2.12 bits per heavy atom. The molecular weight excluding hydrogens is 226 g/mol. The van der Waals surface area contributed by atoms with Gasteiger partial charge in [-0.05, 0) is 12.1 Å². The summed E-state index contributed by atoms with van der Waals surface area (Å²) in [7, 11) is 0. The molecule has 2 heterocycles. The van der Waals surface area contributed by atoms with Crippen LogP contribution in [0.2, 0.25) is 0 Å². The van der Waals surface area contributed by atoms with Crippen molar-refractivity contribution < 1.29 is 14.3 Å². The van der Waals surface area contributed by atoms with Crippen molar-refractivity contribution in [1.82, 2.24) is 4.98 Å². The van der Waals surface area contributed by atoms with E-state index < -0.39 is 17.9 Å². The van der Waals surface area contributed by atoms with Gasteiger partial charge in [-0.1, -0.05) is 12.1 Å². The van der Waals surface area contributed by atoms with Gasteiger partial charge in [-0.25, -0.2) is 4.98 Å². The fourth-order valence-electron chi connectivity index (χ4n) is 1.70. The number of fused-ring (bicyclic) bond motifs is 1. The summed E-state index contributed by atoms with van der Waals surface area (Å²) in [5, 5.41) is 0.664. The van der Waals surface area contributed by atoms with Crippen molar-refractivity contribution in [3.8, 4) is 0 Å². The second kappa shape index (κ2) is 3.38. The van der Waals surface area contributed by atoms with Gasteiger partial charge in [0.2, 0.25) is 0 Å². The highest BCUT2D eigenvalue weighted by Crippen LogP contribution is 2.33. The number of hydrogen-bond donors (Lipinski definition) is 0. The number of nitrogens with zero attached hydrogens (tertiary/aromatic N) is 1. The third-order valence-corrected chi connectivity index (χ3v) is 3.63. The number of esters is 2. The minimum atomic E-state index is -0.509. The molecule has 1 atom stereocenters. The van der Waals surface area contributed by atoms with Crippen molar-refractivity contribution in [2.45, 2.75) is 12.3 Å². The molecule has 0 radical (unpaired) electrons. The molecule has 1 fully saturated rings. The number of cyclic esters (lactones) is 2. The third-order valence-electron chi connectivity index (χ3n) is 2.48. The molecule has 0 spiro atoms. The van der Waals surface area contributed by atoms with E-state index in [2.05, 4.69) is 9.72 Å². The van der Waals surface area contributed by atoms with Crippen molar-refractivity contribution in [2.75, 3.05) is 0 Å². The largest absolute Gasteiger partial charge is 0.393 e. The van der Waals surface area contributed by atoms with E-state index in [9.17, 15) is 9.59 Å². The lowest BCUT2D eigenvalue weighted by atomic mass is 10.1. The number of carbonyl (C=O) groups excluding carboxylic acids is 2. The van der Waals surface area contributed by atoms with Gasteiger partial charge in [0, 0.05) is 0 Å². The third kappa shape index (κ3) is 1.40. The summed E-state index contributed by atoms with van der Waals surface area (Å²) in [5.74, 6) is -1.46. The van der Waals surface area contributed by atoms with Crippen molar-refractivity contribution >= 4 is 33.5 Å². The van der Waals surface area contributed by atoms with Crippen LogP contribution in [0.25, 0.3) is 10.2 Å². The average molecular weight is 233 g/mol. The van der Waals surface area contributed by atoms with E-state index >= 15 is 0 Å². The summed E-state index contributed by atoms with van der Waals surface area (Å²) in [5.41, 5.74) is 0.856. The average Bonchev–Trinajstić information content (AvgIpc) is 2.81. The van der Waals surface area contributed by atoms with E-state index in [-0.39, 0.29) is 6.42 Å². The number of para-hydroxylation sites is 1. The number of ether oxygens (including phenoxy) is 1. The lowest BCUT2D eigenvalue weighted by molar-refractivity contribution is -0.152. The maximum absolute atomic E-state index is 11.4. The van der Waals surface area contributed by atoms with Gasteiger partial charge in [-0.2, -0.15) is 0 Å². The molecule has 4 nitrogen and oxygen atoms in total. The fourth-order valence-corrected chi connectivity index (χ4v) is 2.76. The smallest absolute Gasteiger partial charge is 0.324 e. The summed E-state index contributed by atoms with van der Waals surface area (Å²) < 4.78 is 5.53. The summed E-state index contributed by atoms with van der Waals surface area (Å²) in [6.45, 7) is 0. The molecule has 0 N–H and O–H groups in total. The van der Waals surface area contributed by atoms with Gasteiger partial charge in [0.25, 0.3) is 0 Å². The molecule has 1 aromatic heterocycles. The van der Waals surface area contributed by atoms with Gasteiger partial charge in [0.05, 0.1) is 16.6 Å². The van der Waals surface area contributed by atoms with Gasteiger partial charge in [-0.3, -0.25) is 9.59 Å². The van der Waals surface area contributed by atoms with E-state index in [1.54, 1.807) is 0 Å². The van der Waals surface area contributed by atoms with Crippen LogP contribution in [0, 0.1) is 0 Å². The Morgan fingerprint density at radius 3 is 2.81 bits per heavy atom. The molecule has 1 aromatic carbocycles. The molecule has 2 aromatic rings. The van der Waals surface area contributed by atoms with Crippen LogP contribution in [0.3, 0.4) is 0 Å². The van der Waals surface area contributed by atoms with Gasteiger partial charge in [0.15, 0.2) is 0 Å². The topological polar surface area (TPSA) is 56.3 Å². The Bertz CT molecular complexity index is 557. The number of benzene rings is 1. The van der Waals surface area contributed by atoms with Crippen LogP contribution in [0.1, 0.15) is 17.3 Å².